The van der Waals surface area contributed by atoms with Crippen molar-refractivity contribution in [2.45, 2.75) is 31.7 Å². The minimum atomic E-state index is 0.799. The van der Waals surface area contributed by atoms with Gasteiger partial charge in [-0.05, 0) is 43.9 Å². The second-order valence-electron chi connectivity index (χ2n) is 6.12. The van der Waals surface area contributed by atoms with Crippen LogP contribution in [0, 0.1) is 0 Å². The Balaban J connectivity index is 1.62. The second-order valence-corrected chi connectivity index (χ2v) is 6.12. The molecule has 3 heterocycles. The molecule has 1 aromatic rings. The molecule has 1 unspecified atom stereocenters. The van der Waals surface area contributed by atoms with Gasteiger partial charge >= 0.3 is 0 Å². The monoisotopic (exact) mass is 257 g/mol. The predicted molar refractivity (Wildman–Crippen MR) is 80.1 cm³/mol. The van der Waals surface area contributed by atoms with E-state index in [0.717, 1.165) is 12.6 Å². The topological polar surface area (TPSA) is 18.5 Å². The van der Waals surface area contributed by atoms with Gasteiger partial charge in [-0.2, -0.15) is 0 Å². The van der Waals surface area contributed by atoms with Gasteiger partial charge in [0.05, 0.1) is 11.4 Å². The van der Waals surface area contributed by atoms with Crippen LogP contribution in [0.15, 0.2) is 18.2 Å². The summed E-state index contributed by atoms with van der Waals surface area (Å²) in [5.41, 5.74) is 4.38. The average Bonchev–Trinajstić information content (AvgIpc) is 2.94. The van der Waals surface area contributed by atoms with Crippen molar-refractivity contribution in [3.05, 3.63) is 23.8 Å². The van der Waals surface area contributed by atoms with Gasteiger partial charge in [0.25, 0.3) is 0 Å². The van der Waals surface area contributed by atoms with Gasteiger partial charge in [-0.15, -0.1) is 0 Å². The molecule has 1 N–H and O–H groups in total. The maximum absolute atomic E-state index is 3.63. The van der Waals surface area contributed by atoms with E-state index < -0.39 is 0 Å². The van der Waals surface area contributed by atoms with Crippen LogP contribution >= 0.6 is 0 Å². The Labute approximate surface area is 115 Å². The molecule has 3 heteroatoms. The molecule has 19 heavy (non-hydrogen) atoms. The van der Waals surface area contributed by atoms with E-state index in [4.69, 9.17) is 0 Å². The Hall–Kier alpha value is -1.22. The Kier molecular flexibility index (Phi) is 2.87. The molecule has 3 nitrogen and oxygen atoms in total. The van der Waals surface area contributed by atoms with E-state index >= 15 is 0 Å². The summed E-state index contributed by atoms with van der Waals surface area (Å²) in [6.07, 6.45) is 5.29. The third kappa shape index (κ3) is 2.00. The molecular formula is C16H23N3. The van der Waals surface area contributed by atoms with E-state index in [-0.39, 0.29) is 0 Å². The van der Waals surface area contributed by atoms with Crippen molar-refractivity contribution in [2.75, 3.05) is 42.9 Å². The molecular weight excluding hydrogens is 234 g/mol. The highest BCUT2D eigenvalue weighted by molar-refractivity contribution is 5.74. The molecule has 0 amide bonds. The zero-order valence-electron chi connectivity index (χ0n) is 11.6. The van der Waals surface area contributed by atoms with E-state index in [2.05, 4.69) is 33.3 Å². The zero-order valence-corrected chi connectivity index (χ0v) is 11.6. The van der Waals surface area contributed by atoms with Gasteiger partial charge in [-0.3, -0.25) is 4.90 Å². The highest BCUT2D eigenvalue weighted by atomic mass is 15.3. The van der Waals surface area contributed by atoms with Crippen LogP contribution in [0.3, 0.4) is 0 Å². The summed E-state index contributed by atoms with van der Waals surface area (Å²) in [5.74, 6) is 0. The molecule has 0 aliphatic carbocycles. The maximum atomic E-state index is 3.63. The second kappa shape index (κ2) is 4.71. The smallest absolute Gasteiger partial charge is 0.0610 e. The Bertz CT molecular complexity index is 471. The van der Waals surface area contributed by atoms with Crippen LogP contribution < -0.4 is 10.2 Å². The number of hydrogen-bond acceptors (Lipinski definition) is 3. The van der Waals surface area contributed by atoms with Gasteiger partial charge in [-0.25, -0.2) is 0 Å². The number of hydrogen-bond donors (Lipinski definition) is 1. The number of rotatable bonds is 1. The van der Waals surface area contributed by atoms with Crippen molar-refractivity contribution in [1.82, 2.24) is 4.90 Å². The number of benzene rings is 1. The number of para-hydroxylation sites is 1. The molecule has 3 aliphatic rings. The molecule has 0 aromatic heterocycles. The first-order valence-electron chi connectivity index (χ1n) is 7.76. The van der Waals surface area contributed by atoms with E-state index in [0.29, 0.717) is 0 Å². The first-order valence-corrected chi connectivity index (χ1v) is 7.76. The fraction of sp³-hybridized carbons (Fsp3) is 0.625. The van der Waals surface area contributed by atoms with Gasteiger partial charge < -0.3 is 10.2 Å². The molecule has 4 rings (SSSR count). The van der Waals surface area contributed by atoms with Crippen LogP contribution in [0.2, 0.25) is 0 Å². The summed E-state index contributed by atoms with van der Waals surface area (Å²) in [7, 11) is 0. The lowest BCUT2D eigenvalue weighted by Crippen LogP contribution is -2.50. The third-order valence-electron chi connectivity index (χ3n) is 4.98. The molecule has 102 valence electrons. The fourth-order valence-corrected chi connectivity index (χ4v) is 3.96. The first kappa shape index (κ1) is 11.6. The van der Waals surface area contributed by atoms with E-state index in [1.54, 1.807) is 0 Å². The maximum Gasteiger partial charge on any atom is 0.0610 e. The summed E-state index contributed by atoms with van der Waals surface area (Å²) < 4.78 is 0. The predicted octanol–water partition coefficient (Wildman–Crippen LogP) is 2.33. The zero-order chi connectivity index (χ0) is 12.7. The summed E-state index contributed by atoms with van der Waals surface area (Å²) in [6, 6.07) is 7.63. The largest absolute Gasteiger partial charge is 0.383 e. The standard InChI is InChI=1S/C16H23N3/c1-4-13-5-2-8-17-16(13)15(7-1)19-11-10-18-9-3-6-14(18)12-19/h1,4,7,14,17H,2-3,5-6,8-12H2. The molecule has 0 bridgehead atoms. The SMILES string of the molecule is c1cc2c(c(N3CCN4CCCC4C3)c1)NCCC2. The van der Waals surface area contributed by atoms with E-state index in [1.807, 2.05) is 0 Å². The van der Waals surface area contributed by atoms with Crippen molar-refractivity contribution in [1.29, 1.82) is 0 Å². The molecule has 0 saturated carbocycles. The number of anilines is 2. The minimum absolute atomic E-state index is 0.799. The van der Waals surface area contributed by atoms with Crippen molar-refractivity contribution >= 4 is 11.4 Å². The molecule has 2 saturated heterocycles. The molecule has 1 atom stereocenters. The summed E-state index contributed by atoms with van der Waals surface area (Å²) in [4.78, 5) is 5.29. The van der Waals surface area contributed by atoms with Crippen LogP contribution in [0.25, 0.3) is 0 Å². The number of nitrogens with zero attached hydrogens (tertiary/aromatic N) is 2. The van der Waals surface area contributed by atoms with Crippen molar-refractivity contribution in [3.63, 3.8) is 0 Å². The Morgan fingerprint density at radius 3 is 3.11 bits per heavy atom. The van der Waals surface area contributed by atoms with Crippen molar-refractivity contribution in [3.8, 4) is 0 Å². The Morgan fingerprint density at radius 2 is 2.11 bits per heavy atom. The van der Waals surface area contributed by atoms with Gasteiger partial charge in [0.15, 0.2) is 0 Å². The van der Waals surface area contributed by atoms with Gasteiger partial charge in [-0.1, -0.05) is 12.1 Å². The van der Waals surface area contributed by atoms with Crippen LogP contribution in [-0.4, -0.2) is 43.7 Å². The molecule has 3 aliphatic heterocycles. The lowest BCUT2D eigenvalue weighted by Gasteiger charge is -2.40. The average molecular weight is 257 g/mol. The Morgan fingerprint density at radius 1 is 1.11 bits per heavy atom. The summed E-state index contributed by atoms with van der Waals surface area (Å²) >= 11 is 0. The number of nitrogens with one attached hydrogen (secondary N) is 1. The van der Waals surface area contributed by atoms with Crippen LogP contribution in [-0.2, 0) is 6.42 Å². The van der Waals surface area contributed by atoms with Crippen LogP contribution in [0.1, 0.15) is 24.8 Å². The lowest BCUT2D eigenvalue weighted by molar-refractivity contribution is 0.231. The normalized spacial score (nSPS) is 26.7. The van der Waals surface area contributed by atoms with Crippen LogP contribution in [0.4, 0.5) is 11.4 Å². The van der Waals surface area contributed by atoms with Gasteiger partial charge in [0, 0.05) is 32.2 Å². The van der Waals surface area contributed by atoms with Crippen molar-refractivity contribution < 1.29 is 0 Å². The first-order chi connectivity index (χ1) is 9.42. The van der Waals surface area contributed by atoms with Gasteiger partial charge in [0.2, 0.25) is 0 Å². The summed E-state index contributed by atoms with van der Waals surface area (Å²) in [5, 5.41) is 3.63. The quantitative estimate of drug-likeness (QED) is 0.833. The highest BCUT2D eigenvalue weighted by Crippen LogP contribution is 2.35. The summed E-state index contributed by atoms with van der Waals surface area (Å²) in [6.45, 7) is 6.11. The number of aryl methyl sites for hydroxylation is 1. The van der Waals surface area contributed by atoms with Gasteiger partial charge in [0.1, 0.15) is 0 Å². The minimum Gasteiger partial charge on any atom is -0.383 e. The molecule has 2 fully saturated rings. The molecule has 1 aromatic carbocycles. The van der Waals surface area contributed by atoms with E-state index in [9.17, 15) is 0 Å². The van der Waals surface area contributed by atoms with Crippen LogP contribution in [0.5, 0.6) is 0 Å². The number of piperazine rings is 1. The fourth-order valence-electron chi connectivity index (χ4n) is 3.96. The highest BCUT2D eigenvalue weighted by Gasteiger charge is 2.31. The third-order valence-corrected chi connectivity index (χ3v) is 4.98. The van der Waals surface area contributed by atoms with E-state index in [1.165, 1.54) is 68.8 Å². The molecule has 0 radical (unpaired) electrons. The number of fused-ring (bicyclic) bond motifs is 2. The van der Waals surface area contributed by atoms with Crippen molar-refractivity contribution in [2.24, 2.45) is 0 Å². The lowest BCUT2D eigenvalue weighted by atomic mass is 10.0. The molecule has 0 spiro atoms.